The van der Waals surface area contributed by atoms with Gasteiger partial charge in [0.15, 0.2) is 0 Å². The number of allylic oxidation sites excluding steroid dienone is 4. The Bertz CT molecular complexity index is 721. The lowest BCUT2D eigenvalue weighted by Crippen LogP contribution is -2.35. The zero-order valence-electron chi connectivity index (χ0n) is 18.1. The summed E-state index contributed by atoms with van der Waals surface area (Å²) < 4.78 is 39.2. The molecule has 29 heavy (non-hydrogen) atoms. The second kappa shape index (κ2) is 10.2. The third-order valence-electron chi connectivity index (χ3n) is 5.50. The average Bonchev–Trinajstić information content (AvgIpc) is 3.50. The Balaban J connectivity index is 2.55. The van der Waals surface area contributed by atoms with Crippen molar-refractivity contribution in [3.63, 3.8) is 0 Å². The van der Waals surface area contributed by atoms with E-state index in [9.17, 15) is 13.2 Å². The Morgan fingerprint density at radius 3 is 2.21 bits per heavy atom. The van der Waals surface area contributed by atoms with Gasteiger partial charge >= 0.3 is 6.18 Å². The summed E-state index contributed by atoms with van der Waals surface area (Å²) in [6.07, 6.45) is 7.01. The maximum atomic E-state index is 13.1. The molecule has 0 radical (unpaired) electrons. The lowest BCUT2D eigenvalue weighted by atomic mass is 9.97. The van der Waals surface area contributed by atoms with Crippen LogP contribution in [0, 0.1) is 11.8 Å². The molecule has 1 fully saturated rings. The first-order valence-electron chi connectivity index (χ1n) is 10.7. The first kappa shape index (κ1) is 23.3. The zero-order valence-corrected chi connectivity index (χ0v) is 18.1. The second-order valence-electron chi connectivity index (χ2n) is 8.27. The highest BCUT2D eigenvalue weighted by atomic mass is 19.4. The summed E-state index contributed by atoms with van der Waals surface area (Å²) in [7, 11) is 0. The number of hydrogen-bond donors (Lipinski definition) is 0. The molecule has 1 aliphatic carbocycles. The SMILES string of the molecule is C=C/C(=C(\C=C/C)C1CC1)N(c1ccc(C(F)(F)F)cc1)C(CC)CCC(C)C. The molecule has 1 saturated carbocycles. The van der Waals surface area contributed by atoms with Gasteiger partial charge in [-0.3, -0.25) is 0 Å². The molecule has 1 atom stereocenters. The van der Waals surface area contributed by atoms with Crippen LogP contribution in [0.25, 0.3) is 0 Å². The lowest BCUT2D eigenvalue weighted by Gasteiger charge is -2.36. The number of benzene rings is 1. The van der Waals surface area contributed by atoms with Crippen LogP contribution in [0.4, 0.5) is 18.9 Å². The van der Waals surface area contributed by atoms with E-state index in [1.54, 1.807) is 12.1 Å². The Morgan fingerprint density at radius 2 is 1.79 bits per heavy atom. The summed E-state index contributed by atoms with van der Waals surface area (Å²) in [5.41, 5.74) is 2.45. The third-order valence-corrected chi connectivity index (χ3v) is 5.50. The molecule has 1 aromatic rings. The number of halogens is 3. The molecule has 1 nitrogen and oxygen atoms in total. The van der Waals surface area contributed by atoms with Crippen LogP contribution in [0.15, 0.2) is 60.3 Å². The van der Waals surface area contributed by atoms with E-state index in [-0.39, 0.29) is 6.04 Å². The Kier molecular flexibility index (Phi) is 8.18. The van der Waals surface area contributed by atoms with Gasteiger partial charge in [-0.2, -0.15) is 13.2 Å². The number of hydrogen-bond acceptors (Lipinski definition) is 1. The molecule has 1 aromatic carbocycles. The van der Waals surface area contributed by atoms with E-state index < -0.39 is 11.7 Å². The van der Waals surface area contributed by atoms with Gasteiger partial charge in [0.05, 0.1) is 5.56 Å². The summed E-state index contributed by atoms with van der Waals surface area (Å²) in [4.78, 5) is 2.23. The van der Waals surface area contributed by atoms with Crippen LogP contribution in [0.3, 0.4) is 0 Å². The molecule has 0 heterocycles. The minimum Gasteiger partial charge on any atom is -0.338 e. The Morgan fingerprint density at radius 1 is 1.17 bits per heavy atom. The first-order valence-corrected chi connectivity index (χ1v) is 10.7. The van der Waals surface area contributed by atoms with Gasteiger partial charge in [-0.15, -0.1) is 0 Å². The normalized spacial score (nSPS) is 16.8. The van der Waals surface area contributed by atoms with Crippen molar-refractivity contribution >= 4 is 5.69 Å². The van der Waals surface area contributed by atoms with Crippen molar-refractivity contribution in [2.75, 3.05) is 4.90 Å². The predicted molar refractivity (Wildman–Crippen MR) is 117 cm³/mol. The third kappa shape index (κ3) is 6.25. The minimum atomic E-state index is -4.33. The van der Waals surface area contributed by atoms with Crippen LogP contribution in [-0.2, 0) is 6.18 Å². The summed E-state index contributed by atoms with van der Waals surface area (Å²) in [5, 5.41) is 0. The second-order valence-corrected chi connectivity index (χ2v) is 8.27. The highest BCUT2D eigenvalue weighted by molar-refractivity contribution is 5.59. The highest BCUT2D eigenvalue weighted by Crippen LogP contribution is 2.42. The van der Waals surface area contributed by atoms with Crippen molar-refractivity contribution in [1.29, 1.82) is 0 Å². The smallest absolute Gasteiger partial charge is 0.338 e. The van der Waals surface area contributed by atoms with Gasteiger partial charge < -0.3 is 4.90 Å². The van der Waals surface area contributed by atoms with Crippen molar-refractivity contribution < 1.29 is 13.2 Å². The fraction of sp³-hybridized carbons (Fsp3) is 0.520. The van der Waals surface area contributed by atoms with Crippen LogP contribution in [-0.4, -0.2) is 6.04 Å². The quantitative estimate of drug-likeness (QED) is 0.355. The maximum Gasteiger partial charge on any atom is 0.416 e. The largest absolute Gasteiger partial charge is 0.416 e. The van der Waals surface area contributed by atoms with Crippen molar-refractivity contribution in [3.8, 4) is 0 Å². The van der Waals surface area contributed by atoms with Crippen LogP contribution in [0.5, 0.6) is 0 Å². The number of anilines is 1. The number of nitrogens with zero attached hydrogens (tertiary/aromatic N) is 1. The average molecular weight is 406 g/mol. The lowest BCUT2D eigenvalue weighted by molar-refractivity contribution is -0.137. The summed E-state index contributed by atoms with van der Waals surface area (Å²) in [6, 6.07) is 5.78. The van der Waals surface area contributed by atoms with Crippen molar-refractivity contribution in [1.82, 2.24) is 0 Å². The molecule has 4 heteroatoms. The molecule has 0 aliphatic heterocycles. The molecule has 0 N–H and O–H groups in total. The summed E-state index contributed by atoms with van der Waals surface area (Å²) >= 11 is 0. The van der Waals surface area contributed by atoms with Crippen LogP contribution >= 0.6 is 0 Å². The molecule has 1 unspecified atom stereocenters. The molecule has 160 valence electrons. The molecule has 0 bridgehead atoms. The van der Waals surface area contributed by atoms with Gasteiger partial charge in [0.25, 0.3) is 0 Å². The van der Waals surface area contributed by atoms with Gasteiger partial charge in [-0.25, -0.2) is 0 Å². The van der Waals surface area contributed by atoms with Crippen molar-refractivity contribution in [2.24, 2.45) is 11.8 Å². The molecule has 2 rings (SSSR count). The molecular formula is C25H34F3N. The molecule has 0 aromatic heterocycles. The van der Waals surface area contributed by atoms with Crippen molar-refractivity contribution in [2.45, 2.75) is 72.0 Å². The van der Waals surface area contributed by atoms with E-state index in [0.717, 1.165) is 43.5 Å². The Labute approximate surface area is 174 Å². The topological polar surface area (TPSA) is 3.24 Å². The van der Waals surface area contributed by atoms with Gasteiger partial charge in [0, 0.05) is 17.4 Å². The molecule has 0 amide bonds. The van der Waals surface area contributed by atoms with Gasteiger partial charge in [0.1, 0.15) is 0 Å². The fourth-order valence-corrected chi connectivity index (χ4v) is 3.76. The van der Waals surface area contributed by atoms with E-state index in [2.05, 4.69) is 38.3 Å². The van der Waals surface area contributed by atoms with E-state index in [0.29, 0.717) is 11.8 Å². The molecule has 0 spiro atoms. The van der Waals surface area contributed by atoms with E-state index in [1.807, 2.05) is 19.1 Å². The van der Waals surface area contributed by atoms with Gasteiger partial charge in [-0.05, 0) is 86.8 Å². The minimum absolute atomic E-state index is 0.209. The highest BCUT2D eigenvalue weighted by Gasteiger charge is 2.32. The van der Waals surface area contributed by atoms with Crippen LogP contribution < -0.4 is 4.90 Å². The number of rotatable bonds is 10. The number of alkyl halides is 3. The first-order chi connectivity index (χ1) is 13.7. The molecular weight excluding hydrogens is 371 g/mol. The fourth-order valence-electron chi connectivity index (χ4n) is 3.76. The van der Waals surface area contributed by atoms with E-state index >= 15 is 0 Å². The van der Waals surface area contributed by atoms with Gasteiger partial charge in [0.2, 0.25) is 0 Å². The molecule has 0 saturated heterocycles. The monoisotopic (exact) mass is 405 g/mol. The van der Waals surface area contributed by atoms with Crippen molar-refractivity contribution in [3.05, 3.63) is 65.9 Å². The zero-order chi connectivity index (χ0) is 21.6. The van der Waals surface area contributed by atoms with Gasteiger partial charge in [-0.1, -0.05) is 39.5 Å². The predicted octanol–water partition coefficient (Wildman–Crippen LogP) is 8.15. The van der Waals surface area contributed by atoms with E-state index in [1.165, 1.54) is 17.7 Å². The maximum absolute atomic E-state index is 13.1. The van der Waals surface area contributed by atoms with E-state index in [4.69, 9.17) is 0 Å². The Hall–Kier alpha value is -1.97. The molecule has 1 aliphatic rings. The van der Waals surface area contributed by atoms with Crippen LogP contribution in [0.2, 0.25) is 0 Å². The summed E-state index contributed by atoms with van der Waals surface area (Å²) in [5.74, 6) is 1.09. The summed E-state index contributed by atoms with van der Waals surface area (Å²) in [6.45, 7) is 12.6. The standard InChI is InChI=1S/C25H34F3N/c1-6-9-23(19-11-12-19)24(8-3)29(21(7-2)15-10-18(4)5)22-16-13-20(14-17-22)25(26,27)28/h6,8-9,13-14,16-19,21H,3,7,10-12,15H2,1-2,4-5H3/b9-6-,24-23-. The van der Waals surface area contributed by atoms with Crippen LogP contribution in [0.1, 0.15) is 65.4 Å².